The molecular formula is C20H15NOS. The van der Waals surface area contributed by atoms with Crippen molar-refractivity contribution in [2.24, 2.45) is 0 Å². The summed E-state index contributed by atoms with van der Waals surface area (Å²) in [6.07, 6.45) is 0. The molecule has 1 N–H and O–H groups in total. The van der Waals surface area contributed by atoms with Crippen LogP contribution >= 0.6 is 11.8 Å². The molecule has 0 spiro atoms. The maximum Gasteiger partial charge on any atom is 0.0721 e. The molecule has 23 heavy (non-hydrogen) atoms. The molecule has 0 amide bonds. The zero-order valence-corrected chi connectivity index (χ0v) is 13.3. The summed E-state index contributed by atoms with van der Waals surface area (Å²) >= 11 is 1.74. The Morgan fingerprint density at radius 2 is 1.30 bits per heavy atom. The monoisotopic (exact) mass is 317 g/mol. The Morgan fingerprint density at radius 1 is 0.739 bits per heavy atom. The van der Waals surface area contributed by atoms with Crippen molar-refractivity contribution in [3.63, 3.8) is 0 Å². The minimum Gasteiger partial charge on any atom is -0.392 e. The summed E-state index contributed by atoms with van der Waals surface area (Å²) < 4.78 is 0. The third kappa shape index (κ3) is 2.69. The maximum atomic E-state index is 9.19. The first-order chi connectivity index (χ1) is 11.3. The van der Waals surface area contributed by atoms with Gasteiger partial charge in [-0.15, -0.1) is 0 Å². The molecule has 3 heteroatoms. The summed E-state index contributed by atoms with van der Waals surface area (Å²) in [6, 6.07) is 24.6. The number of aliphatic hydroxyl groups is 1. The van der Waals surface area contributed by atoms with Gasteiger partial charge in [0, 0.05) is 20.6 Å². The Balaban J connectivity index is 1.91. The van der Waals surface area contributed by atoms with Gasteiger partial charge in [0.1, 0.15) is 0 Å². The van der Waals surface area contributed by atoms with Gasteiger partial charge >= 0.3 is 0 Å². The van der Waals surface area contributed by atoms with Crippen molar-refractivity contribution in [1.82, 2.24) is 4.98 Å². The number of nitrogens with zero attached hydrogens (tertiary/aromatic N) is 1. The molecule has 0 saturated heterocycles. The number of aromatic nitrogens is 1. The molecule has 0 aliphatic carbocycles. The van der Waals surface area contributed by atoms with Gasteiger partial charge < -0.3 is 5.11 Å². The Bertz CT molecular complexity index is 926. The van der Waals surface area contributed by atoms with Crippen LogP contribution in [0.3, 0.4) is 0 Å². The van der Waals surface area contributed by atoms with E-state index in [0.717, 1.165) is 21.5 Å². The number of rotatable bonds is 3. The molecule has 0 fully saturated rings. The molecule has 0 aliphatic rings. The highest BCUT2D eigenvalue weighted by Crippen LogP contribution is 2.38. The molecule has 0 saturated carbocycles. The first-order valence-corrected chi connectivity index (χ1v) is 8.32. The lowest BCUT2D eigenvalue weighted by Crippen LogP contribution is -1.87. The van der Waals surface area contributed by atoms with Gasteiger partial charge in [-0.1, -0.05) is 60.3 Å². The van der Waals surface area contributed by atoms with E-state index in [1.165, 1.54) is 15.7 Å². The standard InChI is InChI=1S/C20H15NOS/c22-13-14-9-11-15(12-10-14)23-20-16-5-1-3-7-18(16)21-19-8-4-2-6-17(19)20/h1-12,22H,13H2. The second-order valence-electron chi connectivity index (χ2n) is 5.38. The smallest absolute Gasteiger partial charge is 0.0721 e. The van der Waals surface area contributed by atoms with E-state index in [9.17, 15) is 5.11 Å². The van der Waals surface area contributed by atoms with E-state index < -0.39 is 0 Å². The second kappa shape index (κ2) is 6.03. The number of aliphatic hydroxyl groups excluding tert-OH is 1. The van der Waals surface area contributed by atoms with Crippen LogP contribution in [0.1, 0.15) is 5.56 Å². The maximum absolute atomic E-state index is 9.19. The third-order valence-corrected chi connectivity index (χ3v) is 5.02. The highest BCUT2D eigenvalue weighted by atomic mass is 32.2. The lowest BCUT2D eigenvalue weighted by atomic mass is 10.1. The van der Waals surface area contributed by atoms with Crippen molar-refractivity contribution in [1.29, 1.82) is 0 Å². The average Bonchev–Trinajstić information content (AvgIpc) is 2.62. The summed E-state index contributed by atoms with van der Waals surface area (Å²) in [5.74, 6) is 0. The number of fused-ring (bicyclic) bond motifs is 2. The fourth-order valence-corrected chi connectivity index (χ4v) is 3.76. The fourth-order valence-electron chi connectivity index (χ4n) is 2.69. The Labute approximate surface area is 138 Å². The van der Waals surface area contributed by atoms with Crippen LogP contribution in [0.4, 0.5) is 0 Å². The molecule has 0 bridgehead atoms. The number of benzene rings is 3. The van der Waals surface area contributed by atoms with Gasteiger partial charge in [-0.05, 0) is 29.8 Å². The third-order valence-electron chi connectivity index (χ3n) is 3.86. The summed E-state index contributed by atoms with van der Waals surface area (Å²) in [5.41, 5.74) is 2.96. The van der Waals surface area contributed by atoms with E-state index in [4.69, 9.17) is 4.98 Å². The minimum atomic E-state index is 0.0755. The van der Waals surface area contributed by atoms with E-state index >= 15 is 0 Å². The van der Waals surface area contributed by atoms with Crippen molar-refractivity contribution in [3.05, 3.63) is 78.4 Å². The molecule has 4 rings (SSSR count). The summed E-state index contributed by atoms with van der Waals surface area (Å²) in [6.45, 7) is 0.0755. The van der Waals surface area contributed by atoms with Crippen molar-refractivity contribution in [3.8, 4) is 0 Å². The Kier molecular flexibility index (Phi) is 3.74. The van der Waals surface area contributed by atoms with Crippen LogP contribution < -0.4 is 0 Å². The van der Waals surface area contributed by atoms with E-state index in [1.807, 2.05) is 24.3 Å². The lowest BCUT2D eigenvalue weighted by molar-refractivity contribution is 0.282. The minimum absolute atomic E-state index is 0.0755. The zero-order chi connectivity index (χ0) is 15.6. The SMILES string of the molecule is OCc1ccc(Sc2c3ccccc3nc3ccccc23)cc1. The molecule has 1 heterocycles. The molecule has 2 nitrogen and oxygen atoms in total. The molecule has 0 unspecified atom stereocenters. The van der Waals surface area contributed by atoms with Crippen LogP contribution in [-0.2, 0) is 6.61 Å². The largest absolute Gasteiger partial charge is 0.392 e. The molecule has 0 atom stereocenters. The normalized spacial score (nSPS) is 11.2. The summed E-state index contributed by atoms with van der Waals surface area (Å²) in [7, 11) is 0. The van der Waals surface area contributed by atoms with Gasteiger partial charge in [-0.25, -0.2) is 4.98 Å². The molecular weight excluding hydrogens is 302 g/mol. The number of para-hydroxylation sites is 2. The Morgan fingerprint density at radius 3 is 1.87 bits per heavy atom. The molecule has 3 aromatic carbocycles. The van der Waals surface area contributed by atoms with Gasteiger partial charge in [0.15, 0.2) is 0 Å². The second-order valence-corrected chi connectivity index (χ2v) is 6.46. The number of hydrogen-bond donors (Lipinski definition) is 1. The van der Waals surface area contributed by atoms with Gasteiger partial charge in [-0.2, -0.15) is 0 Å². The quantitative estimate of drug-likeness (QED) is 0.538. The highest BCUT2D eigenvalue weighted by molar-refractivity contribution is 7.99. The molecule has 0 radical (unpaired) electrons. The van der Waals surface area contributed by atoms with E-state index in [1.54, 1.807) is 11.8 Å². The van der Waals surface area contributed by atoms with Crippen LogP contribution in [0.15, 0.2) is 82.6 Å². The van der Waals surface area contributed by atoms with Crippen molar-refractivity contribution < 1.29 is 5.11 Å². The molecule has 112 valence electrons. The molecule has 1 aromatic heterocycles. The Hall–Kier alpha value is -2.36. The highest BCUT2D eigenvalue weighted by Gasteiger charge is 2.10. The van der Waals surface area contributed by atoms with Gasteiger partial charge in [0.05, 0.1) is 17.6 Å². The predicted octanol–water partition coefficient (Wildman–Crippen LogP) is 5.03. The van der Waals surface area contributed by atoms with Crippen molar-refractivity contribution in [2.45, 2.75) is 16.4 Å². The van der Waals surface area contributed by atoms with Crippen LogP contribution in [0, 0.1) is 0 Å². The molecule has 0 aliphatic heterocycles. The van der Waals surface area contributed by atoms with E-state index in [-0.39, 0.29) is 6.61 Å². The fraction of sp³-hybridized carbons (Fsp3) is 0.0500. The number of pyridine rings is 1. The summed E-state index contributed by atoms with van der Waals surface area (Å²) in [4.78, 5) is 7.14. The lowest BCUT2D eigenvalue weighted by Gasteiger charge is -2.10. The van der Waals surface area contributed by atoms with Gasteiger partial charge in [-0.3, -0.25) is 0 Å². The van der Waals surface area contributed by atoms with Crippen LogP contribution in [-0.4, -0.2) is 10.1 Å². The predicted molar refractivity (Wildman–Crippen MR) is 95.7 cm³/mol. The first kappa shape index (κ1) is 14.2. The van der Waals surface area contributed by atoms with E-state index in [2.05, 4.69) is 48.5 Å². The average molecular weight is 317 g/mol. The van der Waals surface area contributed by atoms with Crippen molar-refractivity contribution >= 4 is 33.6 Å². The first-order valence-electron chi connectivity index (χ1n) is 7.50. The van der Waals surface area contributed by atoms with Gasteiger partial charge in [0.25, 0.3) is 0 Å². The van der Waals surface area contributed by atoms with Gasteiger partial charge in [0.2, 0.25) is 0 Å². The van der Waals surface area contributed by atoms with Crippen molar-refractivity contribution in [2.75, 3.05) is 0 Å². The summed E-state index contributed by atoms with van der Waals surface area (Å²) in [5, 5.41) is 11.5. The van der Waals surface area contributed by atoms with Crippen LogP contribution in [0.25, 0.3) is 21.8 Å². The van der Waals surface area contributed by atoms with E-state index in [0.29, 0.717) is 0 Å². The topological polar surface area (TPSA) is 33.1 Å². The zero-order valence-electron chi connectivity index (χ0n) is 12.4. The van der Waals surface area contributed by atoms with Crippen LogP contribution in [0.5, 0.6) is 0 Å². The number of hydrogen-bond acceptors (Lipinski definition) is 3. The van der Waals surface area contributed by atoms with Crippen LogP contribution in [0.2, 0.25) is 0 Å². The molecule has 4 aromatic rings.